The number of nitrogens with zero attached hydrogens (tertiary/aromatic N) is 3. The van der Waals surface area contributed by atoms with Crippen molar-refractivity contribution in [2.24, 2.45) is 13.0 Å². The van der Waals surface area contributed by atoms with Gasteiger partial charge in [0, 0.05) is 31.7 Å². The van der Waals surface area contributed by atoms with Gasteiger partial charge in [-0.25, -0.2) is 13.4 Å². The molecule has 1 saturated heterocycles. The maximum atomic E-state index is 12.4. The molecule has 1 aromatic heterocycles. The molecule has 2 rings (SSSR count). The summed E-state index contributed by atoms with van der Waals surface area (Å²) >= 11 is 6.08. The Bertz CT molecular complexity index is 526. The van der Waals surface area contributed by atoms with Gasteiger partial charge in [-0.15, -0.1) is 11.6 Å². The van der Waals surface area contributed by atoms with E-state index in [0.29, 0.717) is 24.8 Å². The van der Waals surface area contributed by atoms with Gasteiger partial charge in [0.1, 0.15) is 5.82 Å². The Hall–Kier alpha value is -0.590. The van der Waals surface area contributed by atoms with Crippen molar-refractivity contribution < 1.29 is 8.42 Å². The molecule has 0 N–H and O–H groups in total. The average Bonchev–Trinajstić information content (AvgIpc) is 2.70. The van der Waals surface area contributed by atoms with Crippen molar-refractivity contribution in [1.82, 2.24) is 13.9 Å². The summed E-state index contributed by atoms with van der Waals surface area (Å²) in [5, 5.41) is 0.242. The van der Waals surface area contributed by atoms with Gasteiger partial charge < -0.3 is 4.57 Å². The number of sulfonamides is 1. The molecular weight excluding hydrogens is 286 g/mol. The number of aryl methyl sites for hydroxylation is 2. The predicted octanol–water partition coefficient (Wildman–Crippen LogP) is 1.76. The van der Waals surface area contributed by atoms with E-state index in [1.54, 1.807) is 24.7 Å². The van der Waals surface area contributed by atoms with Crippen LogP contribution in [0, 0.1) is 12.8 Å². The molecule has 19 heavy (non-hydrogen) atoms. The lowest BCUT2D eigenvalue weighted by atomic mass is 9.95. The summed E-state index contributed by atoms with van der Waals surface area (Å²) in [4.78, 5) is 4.12. The second-order valence-electron chi connectivity index (χ2n) is 5.16. The van der Waals surface area contributed by atoms with Crippen molar-refractivity contribution >= 4 is 21.6 Å². The number of hydrogen-bond acceptors (Lipinski definition) is 3. The molecule has 108 valence electrons. The van der Waals surface area contributed by atoms with E-state index in [9.17, 15) is 8.42 Å². The van der Waals surface area contributed by atoms with Crippen LogP contribution in [0.25, 0.3) is 0 Å². The molecule has 2 heterocycles. The van der Waals surface area contributed by atoms with Crippen molar-refractivity contribution in [3.8, 4) is 0 Å². The van der Waals surface area contributed by atoms with Crippen molar-refractivity contribution in [1.29, 1.82) is 0 Å². The van der Waals surface area contributed by atoms with E-state index >= 15 is 0 Å². The smallest absolute Gasteiger partial charge is 0.262 e. The van der Waals surface area contributed by atoms with E-state index < -0.39 is 10.0 Å². The van der Waals surface area contributed by atoms with Crippen LogP contribution < -0.4 is 0 Å². The van der Waals surface area contributed by atoms with E-state index in [-0.39, 0.29) is 10.4 Å². The highest BCUT2D eigenvalue weighted by atomic mass is 35.5. The van der Waals surface area contributed by atoms with Crippen LogP contribution in [-0.4, -0.2) is 40.7 Å². The van der Waals surface area contributed by atoms with Gasteiger partial charge in [0.05, 0.1) is 0 Å². The first-order valence-electron chi connectivity index (χ1n) is 6.46. The van der Waals surface area contributed by atoms with Gasteiger partial charge in [-0.2, -0.15) is 4.31 Å². The zero-order valence-electron chi connectivity index (χ0n) is 11.5. The first-order valence-corrected chi connectivity index (χ1v) is 8.34. The van der Waals surface area contributed by atoms with Crippen LogP contribution in [0.3, 0.4) is 0 Å². The van der Waals surface area contributed by atoms with Crippen LogP contribution in [0.15, 0.2) is 11.2 Å². The lowest BCUT2D eigenvalue weighted by molar-refractivity contribution is 0.271. The maximum absolute atomic E-state index is 12.4. The fourth-order valence-electron chi connectivity index (χ4n) is 2.36. The molecule has 1 aromatic rings. The normalized spacial score (nSPS) is 20.6. The van der Waals surface area contributed by atoms with E-state index in [2.05, 4.69) is 4.98 Å². The van der Waals surface area contributed by atoms with E-state index in [1.807, 2.05) is 6.92 Å². The third-order valence-electron chi connectivity index (χ3n) is 3.84. The molecule has 5 nitrogen and oxygen atoms in total. The van der Waals surface area contributed by atoms with Crippen LogP contribution in [0.4, 0.5) is 0 Å². The highest BCUT2D eigenvalue weighted by Crippen LogP contribution is 2.27. The lowest BCUT2D eigenvalue weighted by Gasteiger charge is -2.31. The maximum Gasteiger partial charge on any atom is 0.262 e. The van der Waals surface area contributed by atoms with E-state index in [4.69, 9.17) is 11.6 Å². The molecule has 0 bridgehead atoms. The monoisotopic (exact) mass is 305 g/mol. The Labute approximate surface area is 119 Å². The van der Waals surface area contributed by atoms with Gasteiger partial charge in [-0.1, -0.05) is 0 Å². The minimum atomic E-state index is -3.45. The number of halogens is 1. The Balaban J connectivity index is 2.14. The summed E-state index contributed by atoms with van der Waals surface area (Å²) in [6.07, 6.45) is 3.20. The first-order chi connectivity index (χ1) is 8.82. The number of rotatable bonds is 3. The van der Waals surface area contributed by atoms with Crippen LogP contribution in [0.1, 0.15) is 25.6 Å². The Morgan fingerprint density at radius 3 is 2.42 bits per heavy atom. The van der Waals surface area contributed by atoms with Gasteiger partial charge in [-0.05, 0) is 32.6 Å². The van der Waals surface area contributed by atoms with Crippen molar-refractivity contribution in [3.05, 3.63) is 12.0 Å². The summed E-state index contributed by atoms with van der Waals surface area (Å²) in [6, 6.07) is 0. The molecule has 0 radical (unpaired) electrons. The quantitative estimate of drug-likeness (QED) is 0.800. The Kier molecular flexibility index (Phi) is 4.23. The highest BCUT2D eigenvalue weighted by Gasteiger charge is 2.32. The standard InChI is InChI=1S/C12H20ClN3O2S/c1-9(13)11-4-6-16(7-5-11)19(17,18)12-8-15(3)10(2)14-12/h8-9,11H,4-7H2,1-3H3. The molecule has 0 amide bonds. The van der Waals surface area contributed by atoms with E-state index in [1.165, 1.54) is 4.31 Å². The summed E-state index contributed by atoms with van der Waals surface area (Å²) in [6.45, 7) is 4.82. The van der Waals surface area contributed by atoms with E-state index in [0.717, 1.165) is 12.8 Å². The molecular formula is C12H20ClN3O2S. The van der Waals surface area contributed by atoms with Crippen LogP contribution >= 0.6 is 11.6 Å². The highest BCUT2D eigenvalue weighted by molar-refractivity contribution is 7.89. The number of hydrogen-bond donors (Lipinski definition) is 0. The summed E-state index contributed by atoms with van der Waals surface area (Å²) in [7, 11) is -1.66. The summed E-state index contributed by atoms with van der Waals surface area (Å²) in [5.74, 6) is 1.10. The molecule has 0 spiro atoms. The van der Waals surface area contributed by atoms with Crippen molar-refractivity contribution in [2.45, 2.75) is 37.1 Å². The van der Waals surface area contributed by atoms with Gasteiger partial charge in [0.2, 0.25) is 0 Å². The molecule has 1 aliphatic heterocycles. The molecule has 1 atom stereocenters. The van der Waals surface area contributed by atoms with Crippen LogP contribution in [0.5, 0.6) is 0 Å². The molecule has 1 fully saturated rings. The molecule has 1 aliphatic rings. The molecule has 1 unspecified atom stereocenters. The topological polar surface area (TPSA) is 55.2 Å². The number of alkyl halides is 1. The fourth-order valence-corrected chi connectivity index (χ4v) is 4.11. The molecule has 7 heteroatoms. The molecule has 0 aromatic carbocycles. The molecule has 0 aliphatic carbocycles. The van der Waals surface area contributed by atoms with Gasteiger partial charge >= 0.3 is 0 Å². The second-order valence-corrected chi connectivity index (χ2v) is 7.73. The average molecular weight is 306 g/mol. The second kappa shape index (κ2) is 5.42. The largest absolute Gasteiger partial charge is 0.337 e. The Morgan fingerprint density at radius 1 is 1.42 bits per heavy atom. The van der Waals surface area contributed by atoms with Crippen molar-refractivity contribution in [2.75, 3.05) is 13.1 Å². The molecule has 0 saturated carbocycles. The lowest BCUT2D eigenvalue weighted by Crippen LogP contribution is -2.40. The fraction of sp³-hybridized carbons (Fsp3) is 0.750. The number of imidazole rings is 1. The van der Waals surface area contributed by atoms with Gasteiger partial charge in [-0.3, -0.25) is 0 Å². The van der Waals surface area contributed by atoms with Crippen LogP contribution in [-0.2, 0) is 17.1 Å². The first kappa shape index (κ1) is 14.8. The van der Waals surface area contributed by atoms with Crippen molar-refractivity contribution in [3.63, 3.8) is 0 Å². The third kappa shape index (κ3) is 2.95. The minimum Gasteiger partial charge on any atom is -0.337 e. The van der Waals surface area contributed by atoms with Gasteiger partial charge in [0.25, 0.3) is 10.0 Å². The van der Waals surface area contributed by atoms with Crippen LogP contribution in [0.2, 0.25) is 0 Å². The zero-order chi connectivity index (χ0) is 14.2. The minimum absolute atomic E-state index is 0.0990. The third-order valence-corrected chi connectivity index (χ3v) is 5.97. The summed E-state index contributed by atoms with van der Waals surface area (Å²) in [5.41, 5.74) is 0. The van der Waals surface area contributed by atoms with Gasteiger partial charge in [0.15, 0.2) is 5.03 Å². The SMILES string of the molecule is Cc1nc(S(=O)(=O)N2CCC(C(C)Cl)CC2)cn1C. The Morgan fingerprint density at radius 2 is 2.00 bits per heavy atom. The zero-order valence-corrected chi connectivity index (χ0v) is 13.1. The number of piperidine rings is 1. The number of aromatic nitrogens is 2. The predicted molar refractivity (Wildman–Crippen MR) is 74.7 cm³/mol. The summed E-state index contributed by atoms with van der Waals surface area (Å²) < 4.78 is 28.1.